The highest BCUT2D eigenvalue weighted by atomic mass is 16.2. The first-order valence-electron chi connectivity index (χ1n) is 10.6. The van der Waals surface area contributed by atoms with Crippen LogP contribution in [0, 0.1) is 13.8 Å². The van der Waals surface area contributed by atoms with Crippen molar-refractivity contribution in [2.75, 3.05) is 10.6 Å². The highest BCUT2D eigenvalue weighted by molar-refractivity contribution is 5.99. The Bertz CT molecular complexity index is 1280. The lowest BCUT2D eigenvalue weighted by Crippen LogP contribution is -2.23. The second kappa shape index (κ2) is 9.82. The van der Waals surface area contributed by atoms with E-state index in [0.29, 0.717) is 23.5 Å². The molecule has 3 aromatic carbocycles. The minimum absolute atomic E-state index is 0.201. The predicted molar refractivity (Wildman–Crippen MR) is 130 cm³/mol. The molecule has 0 aliphatic heterocycles. The van der Waals surface area contributed by atoms with Crippen LogP contribution in [0.5, 0.6) is 0 Å². The van der Waals surface area contributed by atoms with E-state index in [1.165, 1.54) is 0 Å². The second-order valence-electron chi connectivity index (χ2n) is 7.67. The molecule has 33 heavy (non-hydrogen) atoms. The van der Waals surface area contributed by atoms with E-state index in [4.69, 9.17) is 0 Å². The first-order chi connectivity index (χ1) is 16.0. The topological polar surface area (TPSA) is 88.1 Å². The van der Waals surface area contributed by atoms with Gasteiger partial charge in [-0.25, -0.2) is 9.48 Å². The summed E-state index contributed by atoms with van der Waals surface area (Å²) in [6, 6.07) is 24.1. The third-order valence-electron chi connectivity index (χ3n) is 5.27. The summed E-state index contributed by atoms with van der Waals surface area (Å²) in [6.45, 7) is 4.21. The molecule has 1 heterocycles. The molecule has 1 aromatic heterocycles. The average Bonchev–Trinajstić information content (AvgIpc) is 3.20. The standard InChI is InChI=1S/C26H25N5O2/c1-18-9-6-7-14-24(18)31-19(2)23(17-28-31)25(32)27-16-20-10-8-13-22(15-20)30-26(33)29-21-11-4-3-5-12-21/h3-15,17H,16H2,1-2H3,(H,27,32)(H2,29,30,33). The van der Waals surface area contributed by atoms with Gasteiger partial charge in [0.2, 0.25) is 0 Å². The van der Waals surface area contributed by atoms with Gasteiger partial charge in [0.05, 0.1) is 23.1 Å². The Morgan fingerprint density at radius 1 is 0.848 bits per heavy atom. The van der Waals surface area contributed by atoms with E-state index in [0.717, 1.165) is 22.5 Å². The van der Waals surface area contributed by atoms with Crippen molar-refractivity contribution in [2.45, 2.75) is 20.4 Å². The van der Waals surface area contributed by atoms with Crippen LogP contribution in [-0.2, 0) is 6.54 Å². The number of rotatable bonds is 6. The van der Waals surface area contributed by atoms with Crippen LogP contribution in [0.2, 0.25) is 0 Å². The molecule has 0 aliphatic rings. The molecule has 0 aliphatic carbocycles. The molecule has 0 spiro atoms. The van der Waals surface area contributed by atoms with E-state index in [1.54, 1.807) is 16.9 Å². The van der Waals surface area contributed by atoms with Gasteiger partial charge in [-0.15, -0.1) is 0 Å². The van der Waals surface area contributed by atoms with Crippen molar-refractivity contribution in [1.82, 2.24) is 15.1 Å². The number of hydrogen-bond acceptors (Lipinski definition) is 3. The summed E-state index contributed by atoms with van der Waals surface area (Å²) in [4.78, 5) is 25.0. The van der Waals surface area contributed by atoms with Gasteiger partial charge >= 0.3 is 6.03 Å². The van der Waals surface area contributed by atoms with Crippen molar-refractivity contribution < 1.29 is 9.59 Å². The summed E-state index contributed by atoms with van der Waals surface area (Å²) in [6.07, 6.45) is 1.59. The van der Waals surface area contributed by atoms with Crippen molar-refractivity contribution in [2.24, 2.45) is 0 Å². The molecule has 4 aromatic rings. The van der Waals surface area contributed by atoms with Crippen molar-refractivity contribution >= 4 is 23.3 Å². The molecule has 3 N–H and O–H groups in total. The summed E-state index contributed by atoms with van der Waals surface area (Å²) in [7, 11) is 0. The Morgan fingerprint density at radius 3 is 2.33 bits per heavy atom. The van der Waals surface area contributed by atoms with E-state index in [9.17, 15) is 9.59 Å². The molecule has 0 atom stereocenters. The van der Waals surface area contributed by atoms with Crippen molar-refractivity contribution in [1.29, 1.82) is 0 Å². The molecule has 0 bridgehead atoms. The largest absolute Gasteiger partial charge is 0.348 e. The number of carbonyl (C=O) groups excluding carboxylic acids is 2. The number of aromatic nitrogens is 2. The molecule has 0 fully saturated rings. The van der Waals surface area contributed by atoms with E-state index >= 15 is 0 Å². The van der Waals surface area contributed by atoms with Crippen molar-refractivity contribution in [3.8, 4) is 5.69 Å². The molecule has 0 saturated carbocycles. The monoisotopic (exact) mass is 439 g/mol. The molecule has 0 unspecified atom stereocenters. The molecule has 0 saturated heterocycles. The summed E-state index contributed by atoms with van der Waals surface area (Å²) in [5.41, 5.74) is 5.53. The maximum absolute atomic E-state index is 12.8. The number of benzene rings is 3. The summed E-state index contributed by atoms with van der Waals surface area (Å²) in [5, 5.41) is 12.9. The molecule has 166 valence electrons. The number of aryl methyl sites for hydroxylation is 1. The zero-order valence-corrected chi connectivity index (χ0v) is 18.5. The van der Waals surface area contributed by atoms with Crippen LogP contribution in [0.15, 0.2) is 85.1 Å². The summed E-state index contributed by atoms with van der Waals surface area (Å²) < 4.78 is 1.78. The highest BCUT2D eigenvalue weighted by Gasteiger charge is 2.16. The highest BCUT2D eigenvalue weighted by Crippen LogP contribution is 2.18. The first kappa shape index (κ1) is 21.8. The Hall–Kier alpha value is -4.39. The summed E-state index contributed by atoms with van der Waals surface area (Å²) >= 11 is 0. The van der Waals surface area contributed by atoms with E-state index in [2.05, 4.69) is 21.0 Å². The van der Waals surface area contributed by atoms with Crippen LogP contribution >= 0.6 is 0 Å². The third kappa shape index (κ3) is 5.27. The van der Waals surface area contributed by atoms with Crippen LogP contribution in [-0.4, -0.2) is 21.7 Å². The minimum atomic E-state index is -0.332. The molecule has 4 rings (SSSR count). The molecular formula is C26H25N5O2. The maximum Gasteiger partial charge on any atom is 0.323 e. The lowest BCUT2D eigenvalue weighted by molar-refractivity contribution is 0.0950. The normalized spacial score (nSPS) is 10.5. The lowest BCUT2D eigenvalue weighted by Gasteiger charge is -2.10. The molecule has 7 heteroatoms. The van der Waals surface area contributed by atoms with Gasteiger partial charge in [-0.3, -0.25) is 4.79 Å². The van der Waals surface area contributed by atoms with Crippen LogP contribution < -0.4 is 16.0 Å². The Labute approximate surface area is 192 Å². The molecule has 0 radical (unpaired) electrons. The van der Waals surface area contributed by atoms with Gasteiger partial charge in [0.25, 0.3) is 5.91 Å². The van der Waals surface area contributed by atoms with E-state index in [1.807, 2.05) is 86.6 Å². The van der Waals surface area contributed by atoms with Crippen LogP contribution in [0.3, 0.4) is 0 Å². The SMILES string of the molecule is Cc1ccccc1-n1ncc(C(=O)NCc2cccc(NC(=O)Nc3ccccc3)c2)c1C. The van der Waals surface area contributed by atoms with Gasteiger partial charge in [0, 0.05) is 17.9 Å². The smallest absolute Gasteiger partial charge is 0.323 e. The molecular weight excluding hydrogens is 414 g/mol. The van der Waals surface area contributed by atoms with Gasteiger partial charge in [-0.2, -0.15) is 5.10 Å². The first-order valence-corrected chi connectivity index (χ1v) is 10.6. The Morgan fingerprint density at radius 2 is 1.55 bits per heavy atom. The Kier molecular flexibility index (Phi) is 6.50. The molecule has 7 nitrogen and oxygen atoms in total. The van der Waals surface area contributed by atoms with E-state index < -0.39 is 0 Å². The van der Waals surface area contributed by atoms with Crippen molar-refractivity contribution in [3.05, 3.63) is 107 Å². The van der Waals surface area contributed by atoms with Crippen molar-refractivity contribution in [3.63, 3.8) is 0 Å². The van der Waals surface area contributed by atoms with Gasteiger partial charge in [-0.05, 0) is 55.3 Å². The Balaban J connectivity index is 1.38. The fourth-order valence-electron chi connectivity index (χ4n) is 3.53. The number of hydrogen-bond donors (Lipinski definition) is 3. The van der Waals surface area contributed by atoms with Crippen LogP contribution in [0.4, 0.5) is 16.2 Å². The number of amides is 3. The third-order valence-corrected chi connectivity index (χ3v) is 5.27. The van der Waals surface area contributed by atoms with Gasteiger partial charge in [0.1, 0.15) is 0 Å². The fourth-order valence-corrected chi connectivity index (χ4v) is 3.53. The number of nitrogens with zero attached hydrogens (tertiary/aromatic N) is 2. The fraction of sp³-hybridized carbons (Fsp3) is 0.115. The zero-order chi connectivity index (χ0) is 23.2. The number of carbonyl (C=O) groups is 2. The number of para-hydroxylation sites is 2. The summed E-state index contributed by atoms with van der Waals surface area (Å²) in [5.74, 6) is -0.201. The van der Waals surface area contributed by atoms with Crippen LogP contribution in [0.1, 0.15) is 27.2 Å². The predicted octanol–water partition coefficient (Wildman–Crippen LogP) is 5.06. The number of anilines is 2. The van der Waals surface area contributed by atoms with E-state index in [-0.39, 0.29) is 11.9 Å². The number of nitrogens with one attached hydrogen (secondary N) is 3. The number of urea groups is 1. The average molecular weight is 440 g/mol. The van der Waals surface area contributed by atoms with Gasteiger partial charge in [-0.1, -0.05) is 48.5 Å². The van der Waals surface area contributed by atoms with Gasteiger partial charge in [0.15, 0.2) is 0 Å². The van der Waals surface area contributed by atoms with Crippen LogP contribution in [0.25, 0.3) is 5.69 Å². The minimum Gasteiger partial charge on any atom is -0.348 e. The quantitative estimate of drug-likeness (QED) is 0.392. The second-order valence-corrected chi connectivity index (χ2v) is 7.67. The maximum atomic E-state index is 12.8. The lowest BCUT2D eigenvalue weighted by atomic mass is 10.1. The molecule has 3 amide bonds. The zero-order valence-electron chi connectivity index (χ0n) is 18.5. The van der Waals surface area contributed by atoms with Gasteiger partial charge < -0.3 is 16.0 Å².